The Labute approximate surface area is 98.2 Å². The number of anilines is 1. The highest BCUT2D eigenvalue weighted by atomic mass is 16.1. The van der Waals surface area contributed by atoms with Gasteiger partial charge in [-0.25, -0.2) is 9.97 Å². The fourth-order valence-corrected chi connectivity index (χ4v) is 1.15. The Morgan fingerprint density at radius 3 is 2.12 bits per heavy atom. The number of aromatic nitrogens is 4. The molecule has 0 fully saturated rings. The minimum atomic E-state index is -0.351. The molecule has 2 aromatic rings. The van der Waals surface area contributed by atoms with E-state index in [1.54, 1.807) is 13.1 Å². The maximum atomic E-state index is 11.7. The van der Waals surface area contributed by atoms with Crippen LogP contribution in [0.5, 0.6) is 0 Å². The fraction of sp³-hybridized carbons (Fsp3) is 0.182. The maximum absolute atomic E-state index is 11.7. The largest absolute Gasteiger partial charge is 0.304 e. The molecule has 86 valence electrons. The van der Waals surface area contributed by atoms with Crippen molar-refractivity contribution in [3.63, 3.8) is 0 Å². The molecule has 17 heavy (non-hydrogen) atoms. The second kappa shape index (κ2) is 4.65. The van der Waals surface area contributed by atoms with Crippen molar-refractivity contribution in [1.82, 2.24) is 19.9 Å². The van der Waals surface area contributed by atoms with Crippen molar-refractivity contribution >= 4 is 11.7 Å². The van der Waals surface area contributed by atoms with Crippen LogP contribution in [0, 0.1) is 13.8 Å². The molecule has 0 aromatic carbocycles. The highest BCUT2D eigenvalue weighted by Gasteiger charge is 2.08. The summed E-state index contributed by atoms with van der Waals surface area (Å²) in [6.45, 7) is 3.63. The lowest BCUT2D eigenvalue weighted by Gasteiger charge is -2.03. The Morgan fingerprint density at radius 1 is 0.941 bits per heavy atom. The molecule has 0 aliphatic heterocycles. The quantitative estimate of drug-likeness (QED) is 0.835. The number of nitrogens with zero attached hydrogens (tertiary/aromatic N) is 4. The van der Waals surface area contributed by atoms with E-state index in [0.717, 1.165) is 11.4 Å². The van der Waals surface area contributed by atoms with E-state index >= 15 is 0 Å². The second-order valence-corrected chi connectivity index (χ2v) is 3.54. The van der Waals surface area contributed by atoms with Crippen molar-refractivity contribution in [2.45, 2.75) is 13.8 Å². The van der Waals surface area contributed by atoms with Crippen molar-refractivity contribution in [3.05, 3.63) is 41.9 Å². The number of carbonyl (C=O) groups is 1. The maximum Gasteiger partial charge on any atom is 0.277 e. The number of nitrogens with one attached hydrogen (secondary N) is 1. The van der Waals surface area contributed by atoms with E-state index in [9.17, 15) is 4.79 Å². The molecule has 6 heteroatoms. The molecule has 1 amide bonds. The zero-order chi connectivity index (χ0) is 12.3. The summed E-state index contributed by atoms with van der Waals surface area (Å²) >= 11 is 0. The summed E-state index contributed by atoms with van der Waals surface area (Å²) in [6.07, 6.45) is 6.04. The van der Waals surface area contributed by atoms with Crippen LogP contribution in [0.25, 0.3) is 0 Å². The first-order valence-corrected chi connectivity index (χ1v) is 5.04. The molecular weight excluding hydrogens is 218 g/mol. The number of aryl methyl sites for hydroxylation is 2. The van der Waals surface area contributed by atoms with E-state index in [1.807, 2.05) is 6.92 Å². The molecule has 6 nitrogen and oxygen atoms in total. The Balaban J connectivity index is 2.11. The molecule has 0 atom stereocenters. The number of hydrogen-bond acceptors (Lipinski definition) is 5. The van der Waals surface area contributed by atoms with Crippen LogP contribution in [-0.2, 0) is 0 Å². The summed E-state index contributed by atoms with van der Waals surface area (Å²) in [6, 6.07) is 0. The van der Waals surface area contributed by atoms with Gasteiger partial charge in [0.15, 0.2) is 5.82 Å². The monoisotopic (exact) mass is 229 g/mol. The molecule has 2 heterocycles. The van der Waals surface area contributed by atoms with Crippen LogP contribution in [0.4, 0.5) is 5.82 Å². The third-order valence-electron chi connectivity index (χ3n) is 2.04. The van der Waals surface area contributed by atoms with Gasteiger partial charge in [-0.15, -0.1) is 0 Å². The topological polar surface area (TPSA) is 80.7 Å². The third-order valence-corrected chi connectivity index (χ3v) is 2.04. The molecule has 0 aliphatic rings. The molecule has 1 N–H and O–H groups in total. The van der Waals surface area contributed by atoms with E-state index in [1.165, 1.54) is 18.6 Å². The Hall–Kier alpha value is -2.37. The zero-order valence-corrected chi connectivity index (χ0v) is 9.51. The van der Waals surface area contributed by atoms with Crippen LogP contribution in [0.1, 0.15) is 21.9 Å². The van der Waals surface area contributed by atoms with Crippen LogP contribution in [0.15, 0.2) is 24.8 Å². The highest BCUT2D eigenvalue weighted by Crippen LogP contribution is 2.03. The van der Waals surface area contributed by atoms with Gasteiger partial charge in [0.25, 0.3) is 5.91 Å². The van der Waals surface area contributed by atoms with Gasteiger partial charge in [0.2, 0.25) is 0 Å². The molecule has 0 aliphatic carbocycles. The summed E-state index contributed by atoms with van der Waals surface area (Å²) in [5.74, 6) is 0.0404. The van der Waals surface area contributed by atoms with Crippen molar-refractivity contribution in [2.75, 3.05) is 5.32 Å². The number of hydrogen-bond donors (Lipinski definition) is 1. The van der Waals surface area contributed by atoms with Crippen LogP contribution >= 0.6 is 0 Å². The van der Waals surface area contributed by atoms with E-state index in [2.05, 4.69) is 25.3 Å². The molecule has 0 saturated heterocycles. The summed E-state index contributed by atoms with van der Waals surface area (Å²) in [7, 11) is 0. The number of amides is 1. The van der Waals surface area contributed by atoms with Gasteiger partial charge < -0.3 is 5.32 Å². The first kappa shape index (κ1) is 11.1. The van der Waals surface area contributed by atoms with Gasteiger partial charge >= 0.3 is 0 Å². The third kappa shape index (κ3) is 2.81. The van der Waals surface area contributed by atoms with E-state index in [0.29, 0.717) is 5.82 Å². The molecular formula is C11H11N5O. The summed E-state index contributed by atoms with van der Waals surface area (Å²) in [5.41, 5.74) is 1.80. The fourth-order valence-electron chi connectivity index (χ4n) is 1.15. The van der Waals surface area contributed by atoms with Gasteiger partial charge in [-0.2, -0.15) is 0 Å². The van der Waals surface area contributed by atoms with Crippen LogP contribution in [-0.4, -0.2) is 25.8 Å². The van der Waals surface area contributed by atoms with Gasteiger partial charge in [0.1, 0.15) is 5.69 Å². The lowest BCUT2D eigenvalue weighted by Crippen LogP contribution is -2.15. The van der Waals surface area contributed by atoms with Crippen molar-refractivity contribution in [1.29, 1.82) is 0 Å². The van der Waals surface area contributed by atoms with Crippen molar-refractivity contribution < 1.29 is 4.79 Å². The second-order valence-electron chi connectivity index (χ2n) is 3.54. The lowest BCUT2D eigenvalue weighted by molar-refractivity contribution is 0.102. The lowest BCUT2D eigenvalue weighted by atomic mass is 10.4. The van der Waals surface area contributed by atoms with E-state index in [-0.39, 0.29) is 11.6 Å². The summed E-state index contributed by atoms with van der Waals surface area (Å²) in [5, 5.41) is 2.59. The van der Waals surface area contributed by atoms with Crippen molar-refractivity contribution in [3.8, 4) is 0 Å². The molecule has 0 spiro atoms. The van der Waals surface area contributed by atoms with E-state index < -0.39 is 0 Å². The van der Waals surface area contributed by atoms with Gasteiger partial charge in [-0.3, -0.25) is 14.8 Å². The van der Waals surface area contributed by atoms with Gasteiger partial charge in [0, 0.05) is 6.20 Å². The molecule has 0 unspecified atom stereocenters. The normalized spacial score (nSPS) is 10.0. The number of carbonyl (C=O) groups excluding carboxylic acids is 1. The van der Waals surface area contributed by atoms with Crippen LogP contribution < -0.4 is 5.32 Å². The van der Waals surface area contributed by atoms with Gasteiger partial charge in [-0.1, -0.05) is 0 Å². The predicted octanol–water partition coefficient (Wildman–Crippen LogP) is 1.14. The van der Waals surface area contributed by atoms with E-state index in [4.69, 9.17) is 0 Å². The first-order valence-electron chi connectivity index (χ1n) is 5.04. The predicted molar refractivity (Wildman–Crippen MR) is 61.5 cm³/mol. The van der Waals surface area contributed by atoms with Crippen molar-refractivity contribution in [2.24, 2.45) is 0 Å². The smallest absolute Gasteiger partial charge is 0.277 e. The standard InChI is InChI=1S/C11H11N5O/c1-7-3-14-9(5-12-7)11(17)16-10-6-13-8(2)4-15-10/h3-6H,1-2H3,(H,15,16,17). The molecule has 0 radical (unpaired) electrons. The summed E-state index contributed by atoms with van der Waals surface area (Å²) in [4.78, 5) is 27.7. The SMILES string of the molecule is Cc1cnc(NC(=O)c2cnc(C)cn2)cn1. The number of rotatable bonds is 2. The van der Waals surface area contributed by atoms with Gasteiger partial charge in [-0.05, 0) is 13.8 Å². The highest BCUT2D eigenvalue weighted by molar-refractivity contribution is 6.01. The average Bonchev–Trinajstić information content (AvgIpc) is 2.33. The average molecular weight is 229 g/mol. The Kier molecular flexibility index (Phi) is 3.04. The minimum Gasteiger partial charge on any atom is -0.304 e. The molecule has 2 aromatic heterocycles. The first-order chi connectivity index (χ1) is 8.15. The van der Waals surface area contributed by atoms with Crippen LogP contribution in [0.2, 0.25) is 0 Å². The summed E-state index contributed by atoms with van der Waals surface area (Å²) < 4.78 is 0. The Bertz CT molecular complexity index is 521. The molecule has 0 bridgehead atoms. The molecule has 0 saturated carbocycles. The minimum absolute atomic E-state index is 0.248. The van der Waals surface area contributed by atoms with Crippen LogP contribution in [0.3, 0.4) is 0 Å². The van der Waals surface area contributed by atoms with Gasteiger partial charge in [0.05, 0.1) is 30.0 Å². The Morgan fingerprint density at radius 2 is 1.59 bits per heavy atom. The molecule has 2 rings (SSSR count). The zero-order valence-electron chi connectivity index (χ0n) is 9.51.